The third-order valence-corrected chi connectivity index (χ3v) is 3.65. The second-order valence-corrected chi connectivity index (χ2v) is 4.92. The predicted octanol–water partition coefficient (Wildman–Crippen LogP) is 4.20. The number of methoxy groups -OCH3 is 2. The lowest BCUT2D eigenvalue weighted by Crippen LogP contribution is -2.30. The number of rotatable bonds is 3. The molecule has 22 heavy (non-hydrogen) atoms. The summed E-state index contributed by atoms with van der Waals surface area (Å²) in [6.45, 7) is 2.79. The molecule has 3 rings (SSSR count). The highest BCUT2D eigenvalue weighted by Crippen LogP contribution is 2.38. The predicted molar refractivity (Wildman–Crippen MR) is 92.2 cm³/mol. The first kappa shape index (κ1) is 16.2. The van der Waals surface area contributed by atoms with E-state index < -0.39 is 0 Å². The van der Waals surface area contributed by atoms with Gasteiger partial charge in [0.15, 0.2) is 11.5 Å². The molecule has 0 aromatic heterocycles. The number of nitrogens with zero attached hydrogens (tertiary/aromatic N) is 2. The summed E-state index contributed by atoms with van der Waals surface area (Å²) in [4.78, 5) is 6.88. The summed E-state index contributed by atoms with van der Waals surface area (Å²) in [5.41, 5.74) is 3.21. The number of hydrogen-bond donors (Lipinski definition) is 0. The zero-order chi connectivity index (χ0) is 14.8. The van der Waals surface area contributed by atoms with Gasteiger partial charge in [-0.3, -0.25) is 0 Å². The van der Waals surface area contributed by atoms with Gasteiger partial charge < -0.3 is 14.4 Å². The van der Waals surface area contributed by atoms with E-state index >= 15 is 0 Å². The monoisotopic (exact) mass is 318 g/mol. The summed E-state index contributed by atoms with van der Waals surface area (Å²) in [5.74, 6) is 2.42. The summed E-state index contributed by atoms with van der Waals surface area (Å²) in [7, 11) is 3.29. The highest BCUT2D eigenvalue weighted by Gasteiger charge is 2.20. The summed E-state index contributed by atoms with van der Waals surface area (Å²) in [6.07, 6.45) is 0. The van der Waals surface area contributed by atoms with Crippen molar-refractivity contribution in [2.75, 3.05) is 19.1 Å². The molecule has 0 atom stereocenters. The standard InChI is InChI=1S/C17H18N2O2.ClH/c1-12-18-15-10-17(21-3)16(20-2)9-13(15)11-19(12)14-7-5-4-6-8-14;/h4-10H,11H2,1-3H3;1H. The van der Waals surface area contributed by atoms with Crippen LogP contribution in [0, 0.1) is 0 Å². The van der Waals surface area contributed by atoms with Crippen molar-refractivity contribution in [2.45, 2.75) is 13.5 Å². The molecular weight excluding hydrogens is 300 g/mol. The molecule has 0 fully saturated rings. The van der Waals surface area contributed by atoms with Gasteiger partial charge in [-0.25, -0.2) is 4.99 Å². The van der Waals surface area contributed by atoms with E-state index in [9.17, 15) is 0 Å². The van der Waals surface area contributed by atoms with Crippen molar-refractivity contribution in [3.8, 4) is 11.5 Å². The van der Waals surface area contributed by atoms with Gasteiger partial charge in [-0.05, 0) is 25.1 Å². The molecule has 1 aliphatic rings. The first-order valence-corrected chi connectivity index (χ1v) is 6.85. The third kappa shape index (κ3) is 2.88. The fraction of sp³-hybridized carbons (Fsp3) is 0.235. The lowest BCUT2D eigenvalue weighted by atomic mass is 10.1. The van der Waals surface area contributed by atoms with Crippen molar-refractivity contribution in [1.82, 2.24) is 0 Å². The van der Waals surface area contributed by atoms with Gasteiger partial charge in [0, 0.05) is 17.3 Å². The molecule has 4 nitrogen and oxygen atoms in total. The normalized spacial score (nSPS) is 12.9. The van der Waals surface area contributed by atoms with Crippen molar-refractivity contribution in [3.63, 3.8) is 0 Å². The SMILES string of the molecule is COc1cc2c(cc1OC)N=C(C)N(c1ccccc1)C2.Cl. The van der Waals surface area contributed by atoms with Gasteiger partial charge >= 0.3 is 0 Å². The number of fused-ring (bicyclic) bond motifs is 1. The molecule has 0 radical (unpaired) electrons. The Morgan fingerprint density at radius 3 is 2.27 bits per heavy atom. The van der Waals surface area contributed by atoms with Crippen LogP contribution in [-0.2, 0) is 6.54 Å². The van der Waals surface area contributed by atoms with E-state index in [4.69, 9.17) is 14.5 Å². The van der Waals surface area contributed by atoms with E-state index in [0.29, 0.717) is 5.75 Å². The molecule has 0 amide bonds. The van der Waals surface area contributed by atoms with Crippen LogP contribution in [0.25, 0.3) is 0 Å². The fourth-order valence-corrected chi connectivity index (χ4v) is 2.55. The smallest absolute Gasteiger partial charge is 0.162 e. The molecule has 0 saturated carbocycles. The lowest BCUT2D eigenvalue weighted by Gasteiger charge is -2.29. The van der Waals surface area contributed by atoms with Crippen LogP contribution < -0.4 is 14.4 Å². The van der Waals surface area contributed by atoms with E-state index in [2.05, 4.69) is 17.0 Å². The highest BCUT2D eigenvalue weighted by atomic mass is 35.5. The Balaban J connectivity index is 0.00000176. The maximum Gasteiger partial charge on any atom is 0.162 e. The van der Waals surface area contributed by atoms with Crippen LogP contribution in [0.2, 0.25) is 0 Å². The zero-order valence-electron chi connectivity index (χ0n) is 12.9. The third-order valence-electron chi connectivity index (χ3n) is 3.65. The largest absolute Gasteiger partial charge is 0.493 e. The average molecular weight is 319 g/mol. The number of amidine groups is 1. The van der Waals surface area contributed by atoms with Gasteiger partial charge in [-0.15, -0.1) is 12.4 Å². The maximum atomic E-state index is 5.38. The number of anilines is 1. The number of aliphatic imine (C=N–C) groups is 1. The second-order valence-electron chi connectivity index (χ2n) is 4.92. The van der Waals surface area contributed by atoms with Crippen molar-refractivity contribution in [1.29, 1.82) is 0 Å². The molecule has 0 unspecified atom stereocenters. The number of halogens is 1. The quantitative estimate of drug-likeness (QED) is 0.850. The van der Waals surface area contributed by atoms with Crippen LogP contribution in [0.5, 0.6) is 11.5 Å². The molecule has 0 bridgehead atoms. The molecule has 0 saturated heterocycles. The van der Waals surface area contributed by atoms with Gasteiger partial charge in [0.2, 0.25) is 0 Å². The van der Waals surface area contributed by atoms with Crippen LogP contribution in [0.1, 0.15) is 12.5 Å². The molecule has 116 valence electrons. The summed E-state index contributed by atoms with van der Waals surface area (Å²) in [5, 5.41) is 0. The zero-order valence-corrected chi connectivity index (χ0v) is 13.7. The number of benzene rings is 2. The van der Waals surface area contributed by atoms with Crippen LogP contribution in [-0.4, -0.2) is 20.1 Å². The molecule has 2 aromatic rings. The van der Waals surface area contributed by atoms with E-state index in [0.717, 1.165) is 35.1 Å². The van der Waals surface area contributed by atoms with E-state index in [-0.39, 0.29) is 12.4 Å². The molecule has 1 aliphatic heterocycles. The second kappa shape index (κ2) is 6.71. The summed E-state index contributed by atoms with van der Waals surface area (Å²) < 4.78 is 10.7. The molecule has 0 spiro atoms. The van der Waals surface area contributed by atoms with Crippen LogP contribution in [0.4, 0.5) is 11.4 Å². The van der Waals surface area contributed by atoms with Gasteiger partial charge in [0.1, 0.15) is 5.84 Å². The van der Waals surface area contributed by atoms with Gasteiger partial charge in [0.25, 0.3) is 0 Å². The van der Waals surface area contributed by atoms with E-state index in [1.54, 1.807) is 14.2 Å². The van der Waals surface area contributed by atoms with Crippen LogP contribution in [0.15, 0.2) is 47.5 Å². The molecular formula is C17H19ClN2O2. The average Bonchev–Trinajstić information content (AvgIpc) is 2.53. The molecule has 2 aromatic carbocycles. The van der Waals surface area contributed by atoms with Crippen molar-refractivity contribution in [3.05, 3.63) is 48.0 Å². The number of para-hydroxylation sites is 1. The minimum absolute atomic E-state index is 0. The topological polar surface area (TPSA) is 34.1 Å². The Morgan fingerprint density at radius 2 is 1.64 bits per heavy atom. The van der Waals surface area contributed by atoms with Crippen LogP contribution in [0.3, 0.4) is 0 Å². The fourth-order valence-electron chi connectivity index (χ4n) is 2.55. The minimum atomic E-state index is 0. The number of hydrogen-bond acceptors (Lipinski definition) is 4. The first-order valence-electron chi connectivity index (χ1n) is 6.85. The first-order chi connectivity index (χ1) is 10.2. The number of ether oxygens (including phenoxy) is 2. The van der Waals surface area contributed by atoms with E-state index in [1.807, 2.05) is 37.3 Å². The van der Waals surface area contributed by atoms with E-state index in [1.165, 1.54) is 0 Å². The van der Waals surface area contributed by atoms with Gasteiger partial charge in [0.05, 0.1) is 26.5 Å². The molecule has 0 N–H and O–H groups in total. The Hall–Kier alpha value is -2.20. The molecule has 0 aliphatic carbocycles. The summed E-state index contributed by atoms with van der Waals surface area (Å²) >= 11 is 0. The maximum absolute atomic E-state index is 5.38. The Kier molecular flexibility index (Phi) is 4.93. The minimum Gasteiger partial charge on any atom is -0.493 e. The molecule has 5 heteroatoms. The van der Waals surface area contributed by atoms with Gasteiger partial charge in [-0.2, -0.15) is 0 Å². The Bertz CT molecular complexity index is 687. The molecule has 1 heterocycles. The lowest BCUT2D eigenvalue weighted by molar-refractivity contribution is 0.354. The van der Waals surface area contributed by atoms with Gasteiger partial charge in [-0.1, -0.05) is 18.2 Å². The van der Waals surface area contributed by atoms with Crippen molar-refractivity contribution < 1.29 is 9.47 Å². The summed E-state index contributed by atoms with van der Waals surface area (Å²) in [6, 6.07) is 14.2. The van der Waals surface area contributed by atoms with Crippen molar-refractivity contribution >= 4 is 29.6 Å². The Labute approximate surface area is 136 Å². The van der Waals surface area contributed by atoms with Crippen LogP contribution >= 0.6 is 12.4 Å². The Morgan fingerprint density at radius 1 is 1.00 bits per heavy atom. The highest BCUT2D eigenvalue weighted by molar-refractivity contribution is 5.99. The van der Waals surface area contributed by atoms with Crippen molar-refractivity contribution in [2.24, 2.45) is 4.99 Å².